The van der Waals surface area contributed by atoms with E-state index in [1.807, 2.05) is 6.07 Å². The molecular weight excluding hydrogens is 325 g/mol. The van der Waals surface area contributed by atoms with E-state index in [-0.39, 0.29) is 11.7 Å². The number of nitrogens with one attached hydrogen (secondary N) is 1. The van der Waals surface area contributed by atoms with Crippen molar-refractivity contribution in [2.24, 2.45) is 0 Å². The second-order valence-corrected chi connectivity index (χ2v) is 5.94. The average molecular weight is 347 g/mol. The Hall–Kier alpha value is -2.32. The van der Waals surface area contributed by atoms with Crippen LogP contribution in [0.2, 0.25) is 0 Å². The number of hydrogen-bond acceptors (Lipinski definition) is 6. The molecule has 1 aliphatic rings. The van der Waals surface area contributed by atoms with Gasteiger partial charge in [-0.2, -0.15) is 0 Å². The molecule has 8 heteroatoms. The fraction of sp³-hybridized carbons (Fsp3) is 0.471. The maximum Gasteiger partial charge on any atom is 0.234 e. The lowest BCUT2D eigenvalue weighted by Crippen LogP contribution is -2.50. The van der Waals surface area contributed by atoms with Gasteiger partial charge in [0.2, 0.25) is 5.91 Å². The molecule has 0 aliphatic carbocycles. The summed E-state index contributed by atoms with van der Waals surface area (Å²) >= 11 is 0. The summed E-state index contributed by atoms with van der Waals surface area (Å²) in [6.07, 6.45) is 1.40. The highest BCUT2D eigenvalue weighted by molar-refractivity contribution is 5.89. The number of benzene rings is 1. The van der Waals surface area contributed by atoms with E-state index in [0.29, 0.717) is 30.6 Å². The van der Waals surface area contributed by atoms with E-state index in [0.717, 1.165) is 32.0 Å². The van der Waals surface area contributed by atoms with E-state index in [1.165, 1.54) is 12.4 Å². The normalized spacial score (nSPS) is 15.5. The molecule has 0 atom stereocenters. The number of hydrogen-bond donors (Lipinski definition) is 1. The summed E-state index contributed by atoms with van der Waals surface area (Å²) < 4.78 is 18.8. The van der Waals surface area contributed by atoms with Crippen LogP contribution in [0, 0.1) is 5.82 Å². The predicted molar refractivity (Wildman–Crippen MR) is 93.0 cm³/mol. The van der Waals surface area contributed by atoms with Gasteiger partial charge in [-0.3, -0.25) is 9.69 Å². The topological polar surface area (TPSA) is 70.6 Å². The molecule has 1 saturated heterocycles. The van der Waals surface area contributed by atoms with Crippen molar-refractivity contribution < 1.29 is 13.9 Å². The first-order valence-electron chi connectivity index (χ1n) is 8.31. The minimum Gasteiger partial charge on any atom is -0.383 e. The lowest BCUT2D eigenvalue weighted by molar-refractivity contribution is -0.122. The van der Waals surface area contributed by atoms with E-state index < -0.39 is 0 Å². The zero-order valence-electron chi connectivity index (χ0n) is 14.2. The van der Waals surface area contributed by atoms with Crippen LogP contribution in [0.4, 0.5) is 10.2 Å². The Morgan fingerprint density at radius 3 is 2.84 bits per heavy atom. The number of rotatable bonds is 6. The van der Waals surface area contributed by atoms with Crippen molar-refractivity contribution in [1.82, 2.24) is 20.2 Å². The number of amides is 1. The molecule has 1 aromatic heterocycles. The Morgan fingerprint density at radius 2 is 2.08 bits per heavy atom. The summed E-state index contributed by atoms with van der Waals surface area (Å²) in [6.45, 7) is 4.36. The van der Waals surface area contributed by atoms with Crippen molar-refractivity contribution in [3.63, 3.8) is 0 Å². The van der Waals surface area contributed by atoms with E-state index in [2.05, 4.69) is 25.1 Å². The standard InChI is InChI=1S/C17H22FN5O2/c1-25-10-5-19-15(24)11-22-6-8-23(9-7-22)17-13-3-2-4-14(18)16(13)20-12-21-17/h2-4,12H,5-11H2,1H3,(H,19,24). The lowest BCUT2D eigenvalue weighted by atomic mass is 10.2. The van der Waals surface area contributed by atoms with Crippen molar-refractivity contribution >= 4 is 22.6 Å². The largest absolute Gasteiger partial charge is 0.383 e. The Labute approximate surface area is 145 Å². The number of para-hydroxylation sites is 1. The second-order valence-electron chi connectivity index (χ2n) is 5.94. The summed E-state index contributed by atoms with van der Waals surface area (Å²) in [5, 5.41) is 3.54. The van der Waals surface area contributed by atoms with E-state index in [4.69, 9.17) is 4.74 Å². The minimum atomic E-state index is -0.340. The number of halogens is 1. The monoisotopic (exact) mass is 347 g/mol. The van der Waals surface area contributed by atoms with Crippen LogP contribution < -0.4 is 10.2 Å². The molecule has 0 radical (unpaired) electrons. The molecule has 0 spiro atoms. The summed E-state index contributed by atoms with van der Waals surface area (Å²) in [5.74, 6) is 0.404. The molecule has 1 aliphatic heterocycles. The number of carbonyl (C=O) groups excluding carboxylic acids is 1. The van der Waals surface area contributed by atoms with Gasteiger partial charge in [0.15, 0.2) is 0 Å². The minimum absolute atomic E-state index is 0.0000528. The van der Waals surface area contributed by atoms with E-state index >= 15 is 0 Å². The molecule has 2 heterocycles. The molecule has 1 fully saturated rings. The third-order valence-corrected chi connectivity index (χ3v) is 4.26. The average Bonchev–Trinajstić information content (AvgIpc) is 2.63. The van der Waals surface area contributed by atoms with Gasteiger partial charge >= 0.3 is 0 Å². The van der Waals surface area contributed by atoms with Gasteiger partial charge in [-0.15, -0.1) is 0 Å². The molecule has 134 valence electrons. The first kappa shape index (κ1) is 17.5. The third-order valence-electron chi connectivity index (χ3n) is 4.26. The highest BCUT2D eigenvalue weighted by atomic mass is 19.1. The van der Waals surface area contributed by atoms with Crippen molar-refractivity contribution in [1.29, 1.82) is 0 Å². The number of methoxy groups -OCH3 is 1. The third kappa shape index (κ3) is 4.21. The highest BCUT2D eigenvalue weighted by Crippen LogP contribution is 2.25. The van der Waals surface area contributed by atoms with Crippen LogP contribution in [0.15, 0.2) is 24.5 Å². The molecule has 0 unspecified atom stereocenters. The van der Waals surface area contributed by atoms with Crippen LogP contribution in [0.25, 0.3) is 10.9 Å². The number of ether oxygens (including phenoxy) is 1. The van der Waals surface area contributed by atoms with Gasteiger partial charge in [0.05, 0.1) is 13.2 Å². The zero-order chi connectivity index (χ0) is 17.6. The van der Waals surface area contributed by atoms with Crippen molar-refractivity contribution in [2.45, 2.75) is 0 Å². The molecular formula is C17H22FN5O2. The number of fused-ring (bicyclic) bond motifs is 1. The zero-order valence-corrected chi connectivity index (χ0v) is 14.2. The smallest absolute Gasteiger partial charge is 0.234 e. The number of anilines is 1. The van der Waals surface area contributed by atoms with Gasteiger partial charge in [0.25, 0.3) is 0 Å². The van der Waals surface area contributed by atoms with E-state index in [1.54, 1.807) is 13.2 Å². The summed E-state index contributed by atoms with van der Waals surface area (Å²) in [4.78, 5) is 24.5. The quantitative estimate of drug-likeness (QED) is 0.774. The first-order valence-corrected chi connectivity index (χ1v) is 8.31. The fourth-order valence-electron chi connectivity index (χ4n) is 2.96. The highest BCUT2D eigenvalue weighted by Gasteiger charge is 2.21. The molecule has 0 bridgehead atoms. The van der Waals surface area contributed by atoms with Gasteiger partial charge in [-0.1, -0.05) is 6.07 Å². The molecule has 1 amide bonds. The van der Waals surface area contributed by atoms with E-state index in [9.17, 15) is 9.18 Å². The fourth-order valence-corrected chi connectivity index (χ4v) is 2.96. The second kappa shape index (κ2) is 8.17. The summed E-state index contributed by atoms with van der Waals surface area (Å²) in [5.41, 5.74) is 0.340. The van der Waals surface area contributed by atoms with Gasteiger partial charge in [-0.25, -0.2) is 14.4 Å². The van der Waals surface area contributed by atoms with Crippen molar-refractivity contribution in [3.8, 4) is 0 Å². The lowest BCUT2D eigenvalue weighted by Gasteiger charge is -2.35. The van der Waals surface area contributed by atoms with Crippen molar-refractivity contribution in [3.05, 3.63) is 30.3 Å². The van der Waals surface area contributed by atoms with Gasteiger partial charge in [0.1, 0.15) is 23.5 Å². The number of piperazine rings is 1. The molecule has 1 N–H and O–H groups in total. The number of carbonyl (C=O) groups is 1. The summed E-state index contributed by atoms with van der Waals surface area (Å²) in [7, 11) is 1.61. The van der Waals surface area contributed by atoms with Crippen LogP contribution >= 0.6 is 0 Å². The predicted octanol–water partition coefficient (Wildman–Crippen LogP) is 0.654. The maximum atomic E-state index is 13.9. The number of nitrogens with zero attached hydrogens (tertiary/aromatic N) is 4. The van der Waals surface area contributed by atoms with Crippen molar-refractivity contribution in [2.75, 3.05) is 57.9 Å². The Morgan fingerprint density at radius 1 is 1.28 bits per heavy atom. The molecule has 1 aromatic carbocycles. The van der Waals surface area contributed by atoms with Crippen LogP contribution in [0.1, 0.15) is 0 Å². The van der Waals surface area contributed by atoms with Crippen LogP contribution in [-0.2, 0) is 9.53 Å². The number of aromatic nitrogens is 2. The summed E-state index contributed by atoms with van der Waals surface area (Å²) in [6, 6.07) is 4.91. The Balaban J connectivity index is 1.60. The van der Waals surface area contributed by atoms with Crippen LogP contribution in [0.3, 0.4) is 0 Å². The molecule has 25 heavy (non-hydrogen) atoms. The van der Waals surface area contributed by atoms with Gasteiger partial charge < -0.3 is 15.0 Å². The van der Waals surface area contributed by atoms with Gasteiger partial charge in [0, 0.05) is 45.2 Å². The Bertz CT molecular complexity index is 734. The maximum absolute atomic E-state index is 13.9. The Kier molecular flexibility index (Phi) is 5.72. The SMILES string of the molecule is COCCNC(=O)CN1CCN(c2ncnc3c(F)cccc23)CC1. The van der Waals surface area contributed by atoms with Crippen LogP contribution in [0.5, 0.6) is 0 Å². The molecule has 2 aromatic rings. The first-order chi connectivity index (χ1) is 12.2. The molecule has 7 nitrogen and oxygen atoms in total. The van der Waals surface area contributed by atoms with Crippen LogP contribution in [-0.4, -0.2) is 73.8 Å². The van der Waals surface area contributed by atoms with Gasteiger partial charge in [-0.05, 0) is 12.1 Å². The molecule has 0 saturated carbocycles. The molecule has 3 rings (SSSR count).